The van der Waals surface area contributed by atoms with Crippen LogP contribution in [-0.4, -0.2) is 159 Å². The number of rotatable bonds is 10. The summed E-state index contributed by atoms with van der Waals surface area (Å²) in [6, 6.07) is 9.76. The number of aliphatic hydroxyl groups is 8. The van der Waals surface area contributed by atoms with Gasteiger partial charge in [0.1, 0.15) is 71.8 Å². The SMILES string of the molecule is CN(C)CCNC(=O)c1ccc2c(c1)C(=O)OC21c2cc(Cl)c(O[C@@H]3OC(CO)[C@H](O)[C@H](O)C3O)cc2Oc2cc(O[C@H]3OC(CO)[C@@H](O)[C@@H](O)C3O)c(Cl)cc21. The third-order valence-corrected chi connectivity index (χ3v) is 10.8. The second-order valence-corrected chi connectivity index (χ2v) is 15.0. The average molecular weight is 840 g/mol. The molecular weight excluding hydrogens is 799 g/mol. The minimum Gasteiger partial charge on any atom is -0.460 e. The summed E-state index contributed by atoms with van der Waals surface area (Å²) in [5.41, 5.74) is -1.04. The largest absolute Gasteiger partial charge is 0.460 e. The molecule has 4 aliphatic heterocycles. The molecule has 2 fully saturated rings. The molecule has 20 heteroatoms. The van der Waals surface area contributed by atoms with Crippen LogP contribution in [0, 0.1) is 0 Å². The van der Waals surface area contributed by atoms with Gasteiger partial charge in [-0.1, -0.05) is 29.3 Å². The molecule has 0 aromatic heterocycles. The van der Waals surface area contributed by atoms with Crippen LogP contribution in [0.3, 0.4) is 0 Å². The first-order valence-electron chi connectivity index (χ1n) is 17.7. The molecule has 5 unspecified atom stereocenters. The molecule has 3 aromatic rings. The molecule has 7 rings (SSSR count). The maximum absolute atomic E-state index is 13.8. The maximum Gasteiger partial charge on any atom is 0.340 e. The number of hydrogen-bond acceptors (Lipinski definition) is 17. The first-order chi connectivity index (χ1) is 27.1. The molecule has 0 aliphatic carbocycles. The van der Waals surface area contributed by atoms with Crippen molar-refractivity contribution in [1.29, 1.82) is 0 Å². The Kier molecular flexibility index (Phi) is 11.6. The van der Waals surface area contributed by atoms with Crippen molar-refractivity contribution in [3.63, 3.8) is 0 Å². The van der Waals surface area contributed by atoms with Gasteiger partial charge in [-0.2, -0.15) is 0 Å². The highest BCUT2D eigenvalue weighted by atomic mass is 35.5. The number of likely N-dealkylation sites (N-methyl/N-ethyl adjacent to an activating group) is 1. The summed E-state index contributed by atoms with van der Waals surface area (Å²) in [6.07, 6.45) is -16.3. The molecule has 4 heterocycles. The monoisotopic (exact) mass is 838 g/mol. The van der Waals surface area contributed by atoms with E-state index in [1.165, 1.54) is 36.4 Å². The predicted octanol–water partition coefficient (Wildman–Crippen LogP) is -0.790. The topological polar surface area (TPSA) is 267 Å². The van der Waals surface area contributed by atoms with Gasteiger partial charge in [0.25, 0.3) is 5.91 Å². The summed E-state index contributed by atoms with van der Waals surface area (Å²) in [7, 11) is 3.71. The summed E-state index contributed by atoms with van der Waals surface area (Å²) >= 11 is 13.5. The van der Waals surface area contributed by atoms with E-state index in [1.807, 2.05) is 19.0 Å². The smallest absolute Gasteiger partial charge is 0.340 e. The zero-order valence-corrected chi connectivity index (χ0v) is 31.7. The van der Waals surface area contributed by atoms with E-state index in [1.54, 1.807) is 6.07 Å². The molecule has 3 aromatic carbocycles. The lowest BCUT2D eigenvalue weighted by Crippen LogP contribution is -2.60. The van der Waals surface area contributed by atoms with Gasteiger partial charge in [0, 0.05) is 47.5 Å². The van der Waals surface area contributed by atoms with Crippen LogP contribution >= 0.6 is 23.2 Å². The van der Waals surface area contributed by atoms with E-state index in [2.05, 4.69) is 5.32 Å². The molecule has 4 aliphatic rings. The molecule has 1 spiro atoms. The minimum atomic E-state index is -1.84. The Balaban J connectivity index is 1.32. The molecule has 11 atom stereocenters. The number of nitrogens with one attached hydrogen (secondary N) is 1. The van der Waals surface area contributed by atoms with E-state index in [0.717, 1.165) is 0 Å². The predicted molar refractivity (Wildman–Crippen MR) is 194 cm³/mol. The standard InChI is InChI=1S/C37H40Cl2N2O16/c1-41(2)6-5-40-33(50)14-3-4-16-15(7-14)34(51)57-37(16)17-8-19(38)23(53-35-31(48)29(46)27(44)25(12-42)55-35)10-21(17)52-22-11-24(20(39)9-18(22)37)54-36-32(49)30(47)28(45)26(13-43)56-36/h3-4,7-11,25-32,35-36,42-49H,5-6,12-13H2,1-2H3,(H,40,50)/t25?,26?,27-,28+,29-,30+,31?,32?,35+,36-,37?. The lowest BCUT2D eigenvalue weighted by atomic mass is 9.77. The van der Waals surface area contributed by atoms with Gasteiger partial charge in [0.2, 0.25) is 12.6 Å². The number of carbonyl (C=O) groups excluding carboxylic acids is 2. The van der Waals surface area contributed by atoms with E-state index in [-0.39, 0.29) is 60.9 Å². The van der Waals surface area contributed by atoms with E-state index < -0.39 is 92.1 Å². The van der Waals surface area contributed by atoms with E-state index in [4.69, 9.17) is 51.6 Å². The Morgan fingerprint density at radius 1 is 0.754 bits per heavy atom. The van der Waals surface area contributed by atoms with Crippen LogP contribution in [0.5, 0.6) is 23.0 Å². The summed E-state index contributed by atoms with van der Waals surface area (Å²) in [5, 5.41) is 84.4. The number of carbonyl (C=O) groups is 2. The maximum atomic E-state index is 13.8. The molecule has 0 radical (unpaired) electrons. The molecule has 308 valence electrons. The Morgan fingerprint density at radius 2 is 1.26 bits per heavy atom. The fraction of sp³-hybridized carbons (Fsp3) is 0.459. The van der Waals surface area contributed by atoms with Crippen LogP contribution in [0.4, 0.5) is 0 Å². The van der Waals surface area contributed by atoms with Crippen LogP contribution in [-0.2, 0) is 19.8 Å². The van der Waals surface area contributed by atoms with Crippen molar-refractivity contribution in [2.75, 3.05) is 40.4 Å². The molecule has 57 heavy (non-hydrogen) atoms. The number of hydrogen-bond donors (Lipinski definition) is 9. The van der Waals surface area contributed by atoms with Gasteiger partial charge in [-0.05, 0) is 38.4 Å². The fourth-order valence-electron chi connectivity index (χ4n) is 7.12. The number of benzene rings is 3. The normalized spacial score (nSPS) is 31.6. The number of amides is 1. The van der Waals surface area contributed by atoms with Crippen LogP contribution in [0.15, 0.2) is 42.5 Å². The number of esters is 1. The van der Waals surface area contributed by atoms with Crippen LogP contribution in [0.25, 0.3) is 0 Å². The van der Waals surface area contributed by atoms with Gasteiger partial charge in [0.15, 0.2) is 5.60 Å². The highest BCUT2D eigenvalue weighted by Crippen LogP contribution is 2.59. The summed E-state index contributed by atoms with van der Waals surface area (Å²) in [5.74, 6) is -1.64. The third kappa shape index (κ3) is 7.28. The van der Waals surface area contributed by atoms with Gasteiger partial charge >= 0.3 is 5.97 Å². The van der Waals surface area contributed by atoms with E-state index in [9.17, 15) is 50.4 Å². The van der Waals surface area contributed by atoms with Crippen LogP contribution < -0.4 is 19.5 Å². The number of fused-ring (bicyclic) bond motifs is 6. The molecule has 9 N–H and O–H groups in total. The highest BCUT2D eigenvalue weighted by molar-refractivity contribution is 6.32. The van der Waals surface area contributed by atoms with Gasteiger partial charge in [-0.15, -0.1) is 0 Å². The summed E-state index contributed by atoms with van der Waals surface area (Å²) < 4.78 is 35.3. The molecule has 0 bridgehead atoms. The molecule has 1 amide bonds. The lowest BCUT2D eigenvalue weighted by molar-refractivity contribution is -0.277. The Labute approximate surface area is 334 Å². The second kappa shape index (κ2) is 16.1. The van der Waals surface area contributed by atoms with Crippen LogP contribution in [0.2, 0.25) is 10.0 Å². The molecule has 2 saturated heterocycles. The number of ether oxygens (including phenoxy) is 6. The summed E-state index contributed by atoms with van der Waals surface area (Å²) in [6.45, 7) is -0.522. The van der Waals surface area contributed by atoms with Crippen LogP contribution in [0.1, 0.15) is 37.4 Å². The number of nitrogens with zero attached hydrogens (tertiary/aromatic N) is 1. The van der Waals surface area contributed by atoms with Crippen molar-refractivity contribution in [1.82, 2.24) is 10.2 Å². The van der Waals surface area contributed by atoms with Crippen molar-refractivity contribution in [3.05, 3.63) is 80.3 Å². The van der Waals surface area contributed by atoms with Crippen molar-refractivity contribution in [2.45, 2.75) is 67.0 Å². The number of halogens is 2. The first kappa shape index (κ1) is 41.3. The van der Waals surface area contributed by atoms with Crippen molar-refractivity contribution in [2.24, 2.45) is 0 Å². The van der Waals surface area contributed by atoms with Crippen molar-refractivity contribution in [3.8, 4) is 23.0 Å². The minimum absolute atomic E-state index is 0.0289. The molecular formula is C37H40Cl2N2O16. The quantitative estimate of drug-likeness (QED) is 0.113. The molecule has 18 nitrogen and oxygen atoms in total. The zero-order chi connectivity index (χ0) is 41.1. The average Bonchev–Trinajstić information content (AvgIpc) is 3.47. The summed E-state index contributed by atoms with van der Waals surface area (Å²) in [4.78, 5) is 28.8. The zero-order valence-electron chi connectivity index (χ0n) is 30.2. The Bertz CT molecular complexity index is 1940. The second-order valence-electron chi connectivity index (χ2n) is 14.2. The van der Waals surface area contributed by atoms with Gasteiger partial charge < -0.3 is 79.5 Å². The van der Waals surface area contributed by atoms with E-state index >= 15 is 0 Å². The van der Waals surface area contributed by atoms with E-state index in [0.29, 0.717) is 13.1 Å². The van der Waals surface area contributed by atoms with Gasteiger partial charge in [0.05, 0.1) is 28.8 Å². The third-order valence-electron chi connectivity index (χ3n) is 10.2. The lowest BCUT2D eigenvalue weighted by Gasteiger charge is -2.40. The fourth-order valence-corrected chi connectivity index (χ4v) is 7.53. The number of aliphatic hydroxyl groups excluding tert-OH is 8. The first-order valence-corrected chi connectivity index (χ1v) is 18.5. The Morgan fingerprint density at radius 3 is 1.74 bits per heavy atom. The Hall–Kier alpha value is -3.86. The van der Waals surface area contributed by atoms with Crippen molar-refractivity contribution < 1.29 is 78.9 Å². The van der Waals surface area contributed by atoms with Crippen molar-refractivity contribution >= 4 is 35.1 Å². The highest BCUT2D eigenvalue weighted by Gasteiger charge is 2.55. The van der Waals surface area contributed by atoms with Gasteiger partial charge in [-0.25, -0.2) is 4.79 Å². The molecule has 0 saturated carbocycles. The van der Waals surface area contributed by atoms with Gasteiger partial charge in [-0.3, -0.25) is 4.79 Å².